The molecule has 0 aromatic heterocycles. The van der Waals surface area contributed by atoms with E-state index >= 15 is 0 Å². The van der Waals surface area contributed by atoms with E-state index < -0.39 is 25.0 Å². The first-order valence-electron chi connectivity index (χ1n) is 3.34. The third-order valence-corrected chi connectivity index (χ3v) is 0.944. The van der Waals surface area contributed by atoms with Crippen LogP contribution in [0.3, 0.4) is 0 Å². The molecule has 0 saturated heterocycles. The number of carbonyl (C=O) groups excluding carboxylic acids is 1. The molecule has 1 N–H and O–H groups in total. The largest absolute Gasteiger partial charge is 0.463 e. The molecule has 0 aliphatic rings. The molecule has 1 unspecified atom stereocenters. The lowest BCUT2D eigenvalue weighted by Gasteiger charge is -2.14. The van der Waals surface area contributed by atoms with Crippen LogP contribution in [0.15, 0.2) is 0 Å². The number of hydrogen-bond acceptors (Lipinski definition) is 4. The molecule has 0 aliphatic carbocycles. The fraction of sp³-hybridized carbons (Fsp3) is 0.833. The molecule has 1 atom stereocenters. The Labute approximate surface area is 72.2 Å². The smallest absolute Gasteiger partial charge is 0.439 e. The van der Waals surface area contributed by atoms with Crippen molar-refractivity contribution in [3.63, 3.8) is 0 Å². The number of rotatable bonds is 4. The van der Waals surface area contributed by atoms with Crippen molar-refractivity contribution in [3.8, 4) is 0 Å². The van der Waals surface area contributed by atoms with E-state index in [0.29, 0.717) is 0 Å². The van der Waals surface area contributed by atoms with Gasteiger partial charge in [-0.05, 0) is 0 Å². The van der Waals surface area contributed by atoms with Crippen molar-refractivity contribution in [3.05, 3.63) is 0 Å². The Hall–Kier alpha value is -0.820. The molecule has 0 heterocycles. The summed E-state index contributed by atoms with van der Waals surface area (Å²) in [4.78, 5) is 10.1. The first-order valence-corrected chi connectivity index (χ1v) is 3.34. The molecule has 0 fully saturated rings. The Kier molecular flexibility index (Phi) is 4.71. The molecule has 7 heteroatoms. The van der Waals surface area contributed by atoms with Gasteiger partial charge in [0.15, 0.2) is 0 Å². The average molecular weight is 202 g/mol. The summed E-state index contributed by atoms with van der Waals surface area (Å²) in [5.74, 6) is -0.620. The van der Waals surface area contributed by atoms with Gasteiger partial charge in [0.05, 0.1) is 6.61 Å². The van der Waals surface area contributed by atoms with E-state index in [4.69, 9.17) is 5.11 Å². The number of hydrogen-bond donors (Lipinski definition) is 1. The predicted molar refractivity (Wildman–Crippen MR) is 34.6 cm³/mol. The molecule has 0 aliphatic heterocycles. The Bertz CT molecular complexity index is 168. The highest BCUT2D eigenvalue weighted by atomic mass is 19.4. The molecule has 13 heavy (non-hydrogen) atoms. The topological polar surface area (TPSA) is 55.8 Å². The van der Waals surface area contributed by atoms with Gasteiger partial charge >= 0.3 is 12.1 Å². The minimum Gasteiger partial charge on any atom is -0.463 e. The molecule has 0 radical (unpaired) electrons. The Balaban J connectivity index is 3.49. The fourth-order valence-corrected chi connectivity index (χ4v) is 0.440. The minimum absolute atomic E-state index is 0.317. The van der Waals surface area contributed by atoms with E-state index in [-0.39, 0.29) is 6.61 Å². The second-order valence-electron chi connectivity index (χ2n) is 2.10. The van der Waals surface area contributed by atoms with Gasteiger partial charge in [-0.1, -0.05) is 0 Å². The molecule has 0 rings (SSSR count). The summed E-state index contributed by atoms with van der Waals surface area (Å²) in [7, 11) is 0. The molecule has 0 aromatic rings. The van der Waals surface area contributed by atoms with Crippen molar-refractivity contribution in [2.24, 2.45) is 0 Å². The van der Waals surface area contributed by atoms with Crippen molar-refractivity contribution in [1.29, 1.82) is 0 Å². The van der Waals surface area contributed by atoms with E-state index in [1.165, 1.54) is 0 Å². The molecular formula is C6H9F3O4. The first kappa shape index (κ1) is 12.2. The van der Waals surface area contributed by atoms with Crippen LogP contribution in [0.2, 0.25) is 0 Å². The number of halogens is 3. The molecule has 78 valence electrons. The maximum Gasteiger partial charge on any atom is 0.439 e. The van der Waals surface area contributed by atoms with Gasteiger partial charge < -0.3 is 14.6 Å². The molecule has 0 aromatic carbocycles. The normalized spacial score (nSPS) is 13.9. The lowest BCUT2D eigenvalue weighted by Crippen LogP contribution is -2.32. The van der Waals surface area contributed by atoms with Crippen LogP contribution in [-0.4, -0.2) is 36.8 Å². The third kappa shape index (κ3) is 6.35. The SMILES string of the molecule is CC(=O)OCCOC(O)C(F)(F)F. The fourth-order valence-electron chi connectivity index (χ4n) is 0.440. The zero-order chi connectivity index (χ0) is 10.5. The van der Waals surface area contributed by atoms with Gasteiger partial charge in [-0.25, -0.2) is 0 Å². The summed E-state index contributed by atoms with van der Waals surface area (Å²) in [5.41, 5.74) is 0. The van der Waals surface area contributed by atoms with Gasteiger partial charge in [0.2, 0.25) is 0 Å². The highest BCUT2D eigenvalue weighted by Crippen LogP contribution is 2.20. The maximum atomic E-state index is 11.6. The van der Waals surface area contributed by atoms with Crippen LogP contribution < -0.4 is 0 Å². The highest BCUT2D eigenvalue weighted by Gasteiger charge is 2.39. The van der Waals surface area contributed by atoms with Crippen LogP contribution in [0.4, 0.5) is 13.2 Å². The van der Waals surface area contributed by atoms with E-state index in [9.17, 15) is 18.0 Å². The number of aliphatic hydroxyl groups excluding tert-OH is 1. The van der Waals surface area contributed by atoms with Crippen LogP contribution in [0.5, 0.6) is 0 Å². The number of alkyl halides is 3. The summed E-state index contributed by atoms with van der Waals surface area (Å²) in [6.45, 7) is 0.295. The zero-order valence-corrected chi connectivity index (χ0v) is 6.80. The maximum absolute atomic E-state index is 11.6. The van der Waals surface area contributed by atoms with Crippen LogP contribution in [0.25, 0.3) is 0 Å². The number of esters is 1. The monoisotopic (exact) mass is 202 g/mol. The van der Waals surface area contributed by atoms with Crippen molar-refractivity contribution in [2.45, 2.75) is 19.4 Å². The highest BCUT2D eigenvalue weighted by molar-refractivity contribution is 5.65. The van der Waals surface area contributed by atoms with E-state index in [1.807, 2.05) is 0 Å². The zero-order valence-electron chi connectivity index (χ0n) is 6.80. The summed E-state index contributed by atoms with van der Waals surface area (Å²) < 4.78 is 42.8. The van der Waals surface area contributed by atoms with Gasteiger partial charge in [0.1, 0.15) is 6.61 Å². The standard InChI is InChI=1S/C6H9F3O4/c1-4(10)12-2-3-13-5(11)6(7,8)9/h5,11H,2-3H2,1H3. The lowest BCUT2D eigenvalue weighted by molar-refractivity contribution is -0.294. The van der Waals surface area contributed by atoms with Crippen LogP contribution in [-0.2, 0) is 14.3 Å². The van der Waals surface area contributed by atoms with Gasteiger partial charge in [-0.15, -0.1) is 0 Å². The van der Waals surface area contributed by atoms with Crippen LogP contribution in [0.1, 0.15) is 6.92 Å². The van der Waals surface area contributed by atoms with Crippen molar-refractivity contribution >= 4 is 5.97 Å². The molecular weight excluding hydrogens is 193 g/mol. The Morgan fingerprint density at radius 1 is 1.46 bits per heavy atom. The molecule has 0 spiro atoms. The van der Waals surface area contributed by atoms with Crippen molar-refractivity contribution < 1.29 is 32.5 Å². The summed E-state index contributed by atoms with van der Waals surface area (Å²) >= 11 is 0. The Morgan fingerprint density at radius 3 is 2.38 bits per heavy atom. The minimum atomic E-state index is -4.81. The Morgan fingerprint density at radius 2 is 2.00 bits per heavy atom. The third-order valence-electron chi connectivity index (χ3n) is 0.944. The van der Waals surface area contributed by atoms with Gasteiger partial charge in [-0.2, -0.15) is 13.2 Å². The summed E-state index contributed by atoms with van der Waals surface area (Å²) in [6.07, 6.45) is -7.64. The second kappa shape index (κ2) is 5.03. The van der Waals surface area contributed by atoms with Crippen LogP contribution >= 0.6 is 0 Å². The van der Waals surface area contributed by atoms with Gasteiger partial charge in [0, 0.05) is 6.92 Å². The van der Waals surface area contributed by atoms with Crippen molar-refractivity contribution in [1.82, 2.24) is 0 Å². The quantitative estimate of drug-likeness (QED) is 0.408. The number of carbonyl (C=O) groups is 1. The average Bonchev–Trinajstić information content (AvgIpc) is 1.95. The number of ether oxygens (including phenoxy) is 2. The van der Waals surface area contributed by atoms with Gasteiger partial charge in [0.25, 0.3) is 6.29 Å². The summed E-state index contributed by atoms with van der Waals surface area (Å²) in [6, 6.07) is 0. The van der Waals surface area contributed by atoms with E-state index in [2.05, 4.69) is 9.47 Å². The van der Waals surface area contributed by atoms with E-state index in [0.717, 1.165) is 6.92 Å². The lowest BCUT2D eigenvalue weighted by atomic mass is 10.6. The van der Waals surface area contributed by atoms with Crippen LogP contribution in [0, 0.1) is 0 Å². The van der Waals surface area contributed by atoms with E-state index in [1.54, 1.807) is 0 Å². The second-order valence-corrected chi connectivity index (χ2v) is 2.10. The molecule has 4 nitrogen and oxygen atoms in total. The van der Waals surface area contributed by atoms with Crippen molar-refractivity contribution in [2.75, 3.05) is 13.2 Å². The van der Waals surface area contributed by atoms with Gasteiger partial charge in [-0.3, -0.25) is 4.79 Å². The summed E-state index contributed by atoms with van der Waals surface area (Å²) in [5, 5.41) is 8.26. The molecule has 0 bridgehead atoms. The predicted octanol–water partition coefficient (Wildman–Crippen LogP) is 0.447. The first-order chi connectivity index (χ1) is 5.84. The molecule has 0 saturated carbocycles. The molecule has 0 amide bonds. The number of aliphatic hydroxyl groups is 1.